The average molecular weight is 455 g/mol. The van der Waals surface area contributed by atoms with Gasteiger partial charge in [-0.1, -0.05) is 18.2 Å². The van der Waals surface area contributed by atoms with Gasteiger partial charge in [-0.05, 0) is 6.42 Å². The van der Waals surface area contributed by atoms with Gasteiger partial charge in [-0.2, -0.15) is 0 Å². The summed E-state index contributed by atoms with van der Waals surface area (Å²) in [4.78, 5) is 0. The Hall–Kier alpha value is -0.229. The Kier molecular flexibility index (Phi) is 9.86. The van der Waals surface area contributed by atoms with Crippen molar-refractivity contribution in [3.05, 3.63) is 23.4 Å². The second-order valence-electron chi connectivity index (χ2n) is 6.16. The Morgan fingerprint density at radius 1 is 0.714 bits per heavy atom. The van der Waals surface area contributed by atoms with Gasteiger partial charge in [0.05, 0.1) is 5.04 Å². The van der Waals surface area contributed by atoms with Gasteiger partial charge in [0.15, 0.2) is 0 Å². The van der Waals surface area contributed by atoms with Crippen LogP contribution in [0.1, 0.15) is 6.42 Å². The van der Waals surface area contributed by atoms with Crippen molar-refractivity contribution >= 4 is 26.4 Å². The zero-order chi connectivity index (χ0) is 21.5. The molecule has 0 saturated heterocycles. The summed E-state index contributed by atoms with van der Waals surface area (Å²) in [7, 11) is 5.07. The Morgan fingerprint density at radius 2 is 1.18 bits per heavy atom. The zero-order valence-electron chi connectivity index (χ0n) is 18.3. The molecule has 0 radical (unpaired) electrons. The third-order valence-electron chi connectivity index (χ3n) is 5.31. The highest BCUT2D eigenvalue weighted by Crippen LogP contribution is 2.53. The van der Waals surface area contributed by atoms with Crippen LogP contribution in [0.5, 0.6) is 0 Å². The molecule has 164 valence electrons. The van der Waals surface area contributed by atoms with Gasteiger partial charge in [0, 0.05) is 75.2 Å². The Balaban J connectivity index is 3.48. The standard InChI is InChI=1S/C16H34O9Si3/c1-17-26(18-2,19-3)14-16(28(23-7,24-8)25-9)12-10-15(11-13-16)27(20-4,21-5)22-6/h10-12H,13-14H2,1-9H3. The molecule has 1 unspecified atom stereocenters. The molecule has 0 aromatic carbocycles. The molecular formula is C16H34O9Si3. The van der Waals surface area contributed by atoms with Crippen LogP contribution in [-0.4, -0.2) is 90.4 Å². The summed E-state index contributed by atoms with van der Waals surface area (Å²) in [6.45, 7) is 0. The van der Waals surface area contributed by atoms with Crippen molar-refractivity contribution in [1.29, 1.82) is 0 Å². The SMILES string of the molecule is CO[Si](CC1([Si](OC)(OC)OC)C=CC([Si](OC)(OC)OC)=CC1)(OC)OC. The predicted molar refractivity (Wildman–Crippen MR) is 110 cm³/mol. The minimum atomic E-state index is -3.19. The van der Waals surface area contributed by atoms with Crippen molar-refractivity contribution in [3.8, 4) is 0 Å². The number of hydrogen-bond donors (Lipinski definition) is 0. The van der Waals surface area contributed by atoms with Gasteiger partial charge in [0.1, 0.15) is 0 Å². The first-order valence-corrected chi connectivity index (χ1v) is 14.1. The highest BCUT2D eigenvalue weighted by Gasteiger charge is 2.64. The van der Waals surface area contributed by atoms with Gasteiger partial charge >= 0.3 is 26.4 Å². The first-order valence-electron chi connectivity index (χ1n) is 8.68. The maximum Gasteiger partial charge on any atom is 0.536 e. The van der Waals surface area contributed by atoms with Gasteiger partial charge in [0.2, 0.25) is 0 Å². The molecular weight excluding hydrogens is 420 g/mol. The van der Waals surface area contributed by atoms with Crippen molar-refractivity contribution in [3.63, 3.8) is 0 Å². The van der Waals surface area contributed by atoms with Crippen molar-refractivity contribution in [1.82, 2.24) is 0 Å². The van der Waals surface area contributed by atoms with E-state index in [0.29, 0.717) is 12.5 Å². The van der Waals surface area contributed by atoms with Crippen LogP contribution in [0.3, 0.4) is 0 Å². The molecule has 9 nitrogen and oxygen atoms in total. The van der Waals surface area contributed by atoms with E-state index in [1.165, 1.54) is 0 Å². The smallest absolute Gasteiger partial charge is 0.377 e. The minimum absolute atomic E-state index is 0.410. The van der Waals surface area contributed by atoms with Gasteiger partial charge in [-0.15, -0.1) is 0 Å². The molecule has 0 heterocycles. The Bertz CT molecular complexity index is 521. The van der Waals surface area contributed by atoms with E-state index in [2.05, 4.69) is 0 Å². The van der Waals surface area contributed by atoms with Gasteiger partial charge in [-0.3, -0.25) is 0 Å². The van der Waals surface area contributed by atoms with E-state index in [1.807, 2.05) is 18.2 Å². The molecule has 0 spiro atoms. The summed E-state index contributed by atoms with van der Waals surface area (Å²) in [5, 5.41) is 0.180. The Labute approximate surface area is 171 Å². The molecule has 0 bridgehead atoms. The molecule has 1 aliphatic carbocycles. The molecule has 0 aromatic heterocycles. The summed E-state index contributed by atoms with van der Waals surface area (Å²) in [6.07, 6.45) is 6.46. The molecule has 1 rings (SSSR count). The van der Waals surface area contributed by atoms with Crippen LogP contribution in [-0.2, 0) is 39.8 Å². The van der Waals surface area contributed by atoms with Gasteiger partial charge < -0.3 is 39.8 Å². The van der Waals surface area contributed by atoms with Gasteiger partial charge in [0.25, 0.3) is 0 Å². The van der Waals surface area contributed by atoms with E-state index >= 15 is 0 Å². The van der Waals surface area contributed by atoms with Crippen molar-refractivity contribution in [2.24, 2.45) is 0 Å². The summed E-state index contributed by atoms with van der Waals surface area (Å²) in [6, 6.07) is 0.410. The molecule has 0 fully saturated rings. The van der Waals surface area contributed by atoms with Crippen molar-refractivity contribution in [2.45, 2.75) is 17.5 Å². The zero-order valence-corrected chi connectivity index (χ0v) is 21.3. The second-order valence-corrected chi connectivity index (χ2v) is 15.4. The van der Waals surface area contributed by atoms with Crippen LogP contribution < -0.4 is 0 Å². The quantitative estimate of drug-likeness (QED) is 0.387. The summed E-state index contributed by atoms with van der Waals surface area (Å²) >= 11 is 0. The molecule has 0 aliphatic heterocycles. The lowest BCUT2D eigenvalue weighted by Crippen LogP contribution is -2.59. The predicted octanol–water partition coefficient (Wildman–Crippen LogP) is 1.79. The van der Waals surface area contributed by atoms with Crippen LogP contribution in [0.2, 0.25) is 11.1 Å². The molecule has 28 heavy (non-hydrogen) atoms. The highest BCUT2D eigenvalue weighted by atomic mass is 28.4. The maximum atomic E-state index is 5.85. The van der Waals surface area contributed by atoms with Crippen molar-refractivity contribution < 1.29 is 39.8 Å². The molecule has 1 aliphatic rings. The van der Waals surface area contributed by atoms with Gasteiger partial charge in [-0.25, -0.2) is 0 Å². The molecule has 0 saturated carbocycles. The number of rotatable bonds is 13. The topological polar surface area (TPSA) is 83.1 Å². The molecule has 0 amide bonds. The fourth-order valence-electron chi connectivity index (χ4n) is 3.69. The monoisotopic (exact) mass is 454 g/mol. The molecule has 0 aromatic rings. The summed E-state index contributed by atoms with van der Waals surface area (Å²) < 4.78 is 51.4. The van der Waals surface area contributed by atoms with E-state index in [0.717, 1.165) is 5.20 Å². The first kappa shape index (κ1) is 25.8. The maximum absolute atomic E-state index is 5.85. The van der Waals surface area contributed by atoms with E-state index in [-0.39, 0.29) is 0 Å². The van der Waals surface area contributed by atoms with E-state index < -0.39 is 31.5 Å². The molecule has 1 atom stereocenters. The third kappa shape index (κ3) is 4.43. The van der Waals surface area contributed by atoms with E-state index in [4.69, 9.17) is 39.8 Å². The third-order valence-corrected chi connectivity index (χ3v) is 14.7. The summed E-state index contributed by atoms with van der Waals surface area (Å²) in [5.41, 5.74) is 0. The average Bonchev–Trinajstić information content (AvgIpc) is 2.76. The van der Waals surface area contributed by atoms with E-state index in [1.54, 1.807) is 64.0 Å². The Morgan fingerprint density at radius 3 is 1.46 bits per heavy atom. The number of allylic oxidation sites excluding steroid dienone is 4. The highest BCUT2D eigenvalue weighted by molar-refractivity contribution is 6.71. The molecule has 0 N–H and O–H groups in total. The van der Waals surface area contributed by atoms with Crippen LogP contribution in [0.15, 0.2) is 23.4 Å². The first-order chi connectivity index (χ1) is 13.3. The minimum Gasteiger partial charge on any atom is -0.377 e. The van der Waals surface area contributed by atoms with Crippen molar-refractivity contribution in [2.75, 3.05) is 64.0 Å². The van der Waals surface area contributed by atoms with Crippen LogP contribution in [0.25, 0.3) is 0 Å². The van der Waals surface area contributed by atoms with Crippen LogP contribution in [0, 0.1) is 0 Å². The van der Waals surface area contributed by atoms with E-state index in [9.17, 15) is 0 Å². The summed E-state index contributed by atoms with van der Waals surface area (Å²) in [5.74, 6) is 0. The second kappa shape index (κ2) is 10.7. The lowest BCUT2D eigenvalue weighted by atomic mass is 10.0. The van der Waals surface area contributed by atoms with Crippen LogP contribution in [0.4, 0.5) is 0 Å². The molecule has 12 heteroatoms. The fourth-order valence-corrected chi connectivity index (χ4v) is 11.4. The fraction of sp³-hybridized carbons (Fsp3) is 0.750. The lowest BCUT2D eigenvalue weighted by molar-refractivity contribution is 0.0850. The number of hydrogen-bond acceptors (Lipinski definition) is 9. The van der Waals surface area contributed by atoms with Crippen LogP contribution >= 0.6 is 0 Å². The normalized spacial score (nSPS) is 21.1. The lowest BCUT2D eigenvalue weighted by Gasteiger charge is -2.45. The largest absolute Gasteiger partial charge is 0.536 e.